The Bertz CT molecular complexity index is 1920. The lowest BCUT2D eigenvalue weighted by Crippen LogP contribution is -2.36. The van der Waals surface area contributed by atoms with Gasteiger partial charge in [-0.15, -0.1) is 5.10 Å². The zero-order chi connectivity index (χ0) is 31.6. The van der Waals surface area contributed by atoms with Crippen LogP contribution in [-0.2, 0) is 11.3 Å². The van der Waals surface area contributed by atoms with Gasteiger partial charge in [0.15, 0.2) is 5.82 Å². The second-order valence-electron chi connectivity index (χ2n) is 11.6. The summed E-state index contributed by atoms with van der Waals surface area (Å²) in [5.74, 6) is -0.0584. The molecule has 46 heavy (non-hydrogen) atoms. The van der Waals surface area contributed by atoms with E-state index in [0.29, 0.717) is 54.0 Å². The molecule has 0 bridgehead atoms. The normalized spacial score (nSPS) is 16.6. The van der Waals surface area contributed by atoms with Crippen LogP contribution in [0.15, 0.2) is 79.3 Å². The van der Waals surface area contributed by atoms with Crippen LogP contribution in [0.3, 0.4) is 0 Å². The molecule has 234 valence electrons. The summed E-state index contributed by atoms with van der Waals surface area (Å²) in [6.45, 7) is 1.84. The SMILES string of the molecule is COc1ccccc1-c1cc(C2=CCCN(C(=O)CCn3ccnn3)C2)c(F)c2[nH]c(C(=O)N3CCC[C@H]3c3ccccn3)cc12. The fraction of sp³-hybridized carbons (Fsp3) is 0.286. The van der Waals surface area contributed by atoms with Gasteiger partial charge in [0.25, 0.3) is 5.91 Å². The molecule has 2 aromatic carbocycles. The predicted molar refractivity (Wildman–Crippen MR) is 171 cm³/mol. The molecule has 5 heterocycles. The third kappa shape index (κ3) is 5.53. The number of carbonyl (C=O) groups excluding carboxylic acids is 2. The van der Waals surface area contributed by atoms with Gasteiger partial charge in [0.1, 0.15) is 11.4 Å². The summed E-state index contributed by atoms with van der Waals surface area (Å²) in [5, 5.41) is 8.32. The summed E-state index contributed by atoms with van der Waals surface area (Å²) in [6.07, 6.45) is 9.57. The van der Waals surface area contributed by atoms with Gasteiger partial charge in [-0.3, -0.25) is 19.3 Å². The lowest BCUT2D eigenvalue weighted by molar-refractivity contribution is -0.131. The van der Waals surface area contributed by atoms with E-state index in [-0.39, 0.29) is 36.3 Å². The summed E-state index contributed by atoms with van der Waals surface area (Å²) >= 11 is 0. The molecule has 5 aromatic rings. The number of benzene rings is 2. The van der Waals surface area contributed by atoms with Crippen LogP contribution in [0.25, 0.3) is 27.6 Å². The highest BCUT2D eigenvalue weighted by atomic mass is 19.1. The molecule has 2 amide bonds. The number of ether oxygens (including phenoxy) is 1. The highest BCUT2D eigenvalue weighted by Crippen LogP contribution is 2.41. The maximum absolute atomic E-state index is 16.6. The molecule has 1 atom stereocenters. The van der Waals surface area contributed by atoms with Crippen molar-refractivity contribution in [1.29, 1.82) is 0 Å². The van der Waals surface area contributed by atoms with Crippen molar-refractivity contribution in [2.24, 2.45) is 0 Å². The van der Waals surface area contributed by atoms with E-state index in [1.807, 2.05) is 59.5 Å². The number of nitrogens with zero attached hydrogens (tertiary/aromatic N) is 6. The quantitative estimate of drug-likeness (QED) is 0.240. The summed E-state index contributed by atoms with van der Waals surface area (Å²) in [6, 6.07) is 16.7. The van der Waals surface area contributed by atoms with Gasteiger partial charge in [-0.2, -0.15) is 0 Å². The monoisotopic (exact) mass is 619 g/mol. The number of fused-ring (bicyclic) bond motifs is 1. The molecular weight excluding hydrogens is 585 g/mol. The molecule has 11 heteroatoms. The number of hydrogen-bond acceptors (Lipinski definition) is 6. The second kappa shape index (κ2) is 12.6. The second-order valence-corrected chi connectivity index (χ2v) is 11.6. The summed E-state index contributed by atoms with van der Waals surface area (Å²) in [5.41, 5.74) is 4.01. The molecule has 1 fully saturated rings. The van der Waals surface area contributed by atoms with E-state index in [9.17, 15) is 9.59 Å². The number of nitrogens with one attached hydrogen (secondary N) is 1. The van der Waals surface area contributed by atoms with Crippen LogP contribution < -0.4 is 4.74 Å². The fourth-order valence-corrected chi connectivity index (χ4v) is 6.62. The number of aryl methyl sites for hydroxylation is 1. The van der Waals surface area contributed by atoms with Crippen LogP contribution in [0.1, 0.15) is 53.5 Å². The predicted octanol–water partition coefficient (Wildman–Crippen LogP) is 5.65. The summed E-state index contributed by atoms with van der Waals surface area (Å²) in [7, 11) is 1.60. The van der Waals surface area contributed by atoms with E-state index in [1.54, 1.807) is 41.3 Å². The van der Waals surface area contributed by atoms with Crippen molar-refractivity contribution in [2.45, 2.75) is 38.3 Å². The third-order valence-corrected chi connectivity index (χ3v) is 8.90. The Morgan fingerprint density at radius 2 is 1.91 bits per heavy atom. The Balaban J connectivity index is 1.26. The zero-order valence-electron chi connectivity index (χ0n) is 25.5. The number of para-hydroxylation sites is 1. The van der Waals surface area contributed by atoms with E-state index in [4.69, 9.17) is 4.74 Å². The minimum absolute atomic E-state index is 0.0339. The van der Waals surface area contributed by atoms with E-state index >= 15 is 4.39 Å². The van der Waals surface area contributed by atoms with Gasteiger partial charge in [0.2, 0.25) is 5.91 Å². The van der Waals surface area contributed by atoms with Crippen LogP contribution in [0.2, 0.25) is 0 Å². The standard InChI is InChI=1S/C35H34FN7O3/c1-46-31-12-3-2-9-24(31)26-20-25(23-8-6-16-41(22-23)32(44)13-18-42-19-15-38-40-42)33(36)34-27(26)21-29(39-34)35(45)43-17-7-11-30(43)28-10-4-5-14-37-28/h2-5,8-10,12,14-15,19-21,30,39H,6-7,11,13,16-18,22H2,1H3/t30-/m0/s1. The third-order valence-electron chi connectivity index (χ3n) is 8.90. The number of carbonyl (C=O) groups is 2. The Morgan fingerprint density at radius 1 is 1.04 bits per heavy atom. The van der Waals surface area contributed by atoms with Crippen molar-refractivity contribution < 1.29 is 18.7 Å². The number of amides is 2. The molecule has 2 aliphatic heterocycles. The lowest BCUT2D eigenvalue weighted by Gasteiger charge is -2.28. The van der Waals surface area contributed by atoms with Crippen molar-refractivity contribution >= 4 is 28.3 Å². The summed E-state index contributed by atoms with van der Waals surface area (Å²) < 4.78 is 24.0. The highest BCUT2D eigenvalue weighted by molar-refractivity contribution is 6.05. The molecule has 10 nitrogen and oxygen atoms in total. The number of rotatable bonds is 8. The molecule has 0 spiro atoms. The van der Waals surface area contributed by atoms with Crippen molar-refractivity contribution in [3.63, 3.8) is 0 Å². The van der Waals surface area contributed by atoms with Crippen molar-refractivity contribution in [1.82, 2.24) is 34.8 Å². The molecule has 1 N–H and O–H groups in total. The lowest BCUT2D eigenvalue weighted by atomic mass is 9.93. The van der Waals surface area contributed by atoms with Crippen LogP contribution >= 0.6 is 0 Å². The number of methoxy groups -OCH3 is 1. The molecule has 2 aliphatic rings. The van der Waals surface area contributed by atoms with Gasteiger partial charge in [-0.25, -0.2) is 4.39 Å². The average Bonchev–Trinajstić information content (AvgIpc) is 3.90. The number of H-pyrrole nitrogens is 1. The topological polar surface area (TPSA) is 109 Å². The Hall–Kier alpha value is -5.32. The first kappa shape index (κ1) is 29.4. The van der Waals surface area contributed by atoms with Crippen LogP contribution in [-0.4, -0.2) is 73.3 Å². The van der Waals surface area contributed by atoms with Gasteiger partial charge >= 0.3 is 0 Å². The van der Waals surface area contributed by atoms with Gasteiger partial charge in [0, 0.05) is 55.0 Å². The number of hydrogen-bond donors (Lipinski definition) is 1. The largest absolute Gasteiger partial charge is 0.496 e. The van der Waals surface area contributed by atoms with E-state index < -0.39 is 5.82 Å². The minimum Gasteiger partial charge on any atom is -0.496 e. The fourth-order valence-electron chi connectivity index (χ4n) is 6.62. The van der Waals surface area contributed by atoms with Gasteiger partial charge in [-0.1, -0.05) is 35.6 Å². The van der Waals surface area contributed by atoms with Gasteiger partial charge in [-0.05, 0) is 60.7 Å². The minimum atomic E-state index is -0.460. The Kier molecular flexibility index (Phi) is 8.04. The van der Waals surface area contributed by atoms with Gasteiger partial charge < -0.3 is 19.5 Å². The van der Waals surface area contributed by atoms with Crippen LogP contribution in [0, 0.1) is 5.82 Å². The maximum atomic E-state index is 16.6. The number of halogens is 1. The molecule has 7 rings (SSSR count). The van der Waals surface area contributed by atoms with Crippen molar-refractivity contribution in [3.8, 4) is 16.9 Å². The molecule has 0 unspecified atom stereocenters. The van der Waals surface area contributed by atoms with Crippen molar-refractivity contribution in [3.05, 3.63) is 102 Å². The highest BCUT2D eigenvalue weighted by Gasteiger charge is 2.33. The molecule has 0 aliphatic carbocycles. The number of likely N-dealkylation sites (tertiary alicyclic amines) is 1. The van der Waals surface area contributed by atoms with Crippen LogP contribution in [0.4, 0.5) is 4.39 Å². The molecule has 0 radical (unpaired) electrons. The van der Waals surface area contributed by atoms with E-state index in [0.717, 1.165) is 29.7 Å². The number of aromatic amines is 1. The average molecular weight is 620 g/mol. The number of pyridine rings is 1. The van der Waals surface area contributed by atoms with Gasteiger partial charge in [0.05, 0.1) is 37.1 Å². The van der Waals surface area contributed by atoms with Crippen LogP contribution in [0.5, 0.6) is 5.75 Å². The van der Waals surface area contributed by atoms with E-state index in [2.05, 4.69) is 20.3 Å². The zero-order valence-corrected chi connectivity index (χ0v) is 25.5. The molecule has 3 aromatic heterocycles. The molecular formula is C35H34FN7O3. The number of aromatic nitrogens is 5. The first-order chi connectivity index (χ1) is 22.5. The molecule has 1 saturated heterocycles. The van der Waals surface area contributed by atoms with E-state index in [1.165, 1.54) is 0 Å². The first-order valence-electron chi connectivity index (χ1n) is 15.5. The maximum Gasteiger partial charge on any atom is 0.270 e. The van der Waals surface area contributed by atoms with Crippen molar-refractivity contribution in [2.75, 3.05) is 26.7 Å². The summed E-state index contributed by atoms with van der Waals surface area (Å²) in [4.78, 5) is 38.4. The molecule has 0 saturated carbocycles. The Morgan fingerprint density at radius 3 is 2.72 bits per heavy atom. The first-order valence-corrected chi connectivity index (χ1v) is 15.5. The Labute approximate surface area is 265 Å². The smallest absolute Gasteiger partial charge is 0.270 e.